The van der Waals surface area contributed by atoms with Crippen LogP contribution in [-0.2, 0) is 4.74 Å². The molecule has 0 aliphatic carbocycles. The number of carbonyl (C=O) groups excluding carboxylic acids is 1. The molecule has 0 spiro atoms. The minimum absolute atomic E-state index is 0.0322. The number of hydrogen-bond acceptors (Lipinski definition) is 4. The summed E-state index contributed by atoms with van der Waals surface area (Å²) in [6, 6.07) is 2.04. The third-order valence-corrected chi connectivity index (χ3v) is 2.91. The normalized spacial score (nSPS) is 11.2. The monoisotopic (exact) mass is 335 g/mol. The fourth-order valence-corrected chi connectivity index (χ4v) is 1.98. The fraction of sp³-hybridized carbons (Fsp3) is 0.312. The zero-order chi connectivity index (χ0) is 18.1. The van der Waals surface area contributed by atoms with E-state index in [9.17, 15) is 19.1 Å². The van der Waals surface area contributed by atoms with Gasteiger partial charge in [0.05, 0.1) is 17.4 Å². The maximum Gasteiger partial charge on any atom is 0.412 e. The van der Waals surface area contributed by atoms with Gasteiger partial charge in [-0.3, -0.25) is 5.32 Å². The number of aromatic nitrogens is 2. The minimum Gasteiger partial charge on any atom is -0.478 e. The van der Waals surface area contributed by atoms with Crippen molar-refractivity contribution >= 4 is 17.7 Å². The lowest BCUT2D eigenvalue weighted by molar-refractivity contribution is 0.0636. The average Bonchev–Trinajstić information content (AvgIpc) is 2.82. The van der Waals surface area contributed by atoms with E-state index in [1.165, 1.54) is 10.9 Å². The Morgan fingerprint density at radius 3 is 2.50 bits per heavy atom. The first-order valence-electron chi connectivity index (χ1n) is 7.15. The van der Waals surface area contributed by atoms with Gasteiger partial charge in [-0.15, -0.1) is 0 Å². The molecule has 8 heteroatoms. The van der Waals surface area contributed by atoms with E-state index in [1.54, 1.807) is 33.9 Å². The van der Waals surface area contributed by atoms with Gasteiger partial charge < -0.3 is 9.84 Å². The number of aryl methyl sites for hydroxylation is 1. The molecule has 1 aromatic heterocycles. The Morgan fingerprint density at radius 2 is 2.00 bits per heavy atom. The quantitative estimate of drug-likeness (QED) is 0.897. The molecule has 0 saturated heterocycles. The third-order valence-electron chi connectivity index (χ3n) is 2.91. The molecule has 1 aromatic carbocycles. The van der Waals surface area contributed by atoms with E-state index in [-0.39, 0.29) is 16.9 Å². The first kappa shape index (κ1) is 17.5. The molecule has 24 heavy (non-hydrogen) atoms. The maximum atomic E-state index is 14.3. The average molecular weight is 335 g/mol. The van der Waals surface area contributed by atoms with Gasteiger partial charge in [-0.25, -0.2) is 18.7 Å². The van der Waals surface area contributed by atoms with Gasteiger partial charge in [-0.2, -0.15) is 5.10 Å². The Kier molecular flexibility index (Phi) is 4.59. The summed E-state index contributed by atoms with van der Waals surface area (Å²) in [5.41, 5.74) is -0.469. The number of halogens is 1. The summed E-state index contributed by atoms with van der Waals surface area (Å²) in [5, 5.41) is 15.6. The lowest BCUT2D eigenvalue weighted by Crippen LogP contribution is -2.28. The van der Waals surface area contributed by atoms with Crippen molar-refractivity contribution in [2.45, 2.75) is 33.3 Å². The lowest BCUT2D eigenvalue weighted by Gasteiger charge is -2.20. The first-order chi connectivity index (χ1) is 11.1. The molecule has 7 nitrogen and oxygen atoms in total. The Morgan fingerprint density at radius 1 is 1.33 bits per heavy atom. The van der Waals surface area contributed by atoms with Gasteiger partial charge in [-0.05, 0) is 39.3 Å². The molecule has 0 atom stereocenters. The highest BCUT2D eigenvalue weighted by Crippen LogP contribution is 2.24. The number of hydrogen-bond donors (Lipinski definition) is 2. The van der Waals surface area contributed by atoms with Crippen LogP contribution in [0.2, 0.25) is 0 Å². The summed E-state index contributed by atoms with van der Waals surface area (Å²) in [4.78, 5) is 23.3. The second-order valence-corrected chi connectivity index (χ2v) is 6.24. The predicted octanol–water partition coefficient (Wildman–Crippen LogP) is 3.37. The van der Waals surface area contributed by atoms with Crippen molar-refractivity contribution in [2.75, 3.05) is 5.32 Å². The number of aromatic carboxylic acids is 1. The summed E-state index contributed by atoms with van der Waals surface area (Å²) < 4.78 is 20.6. The second-order valence-electron chi connectivity index (χ2n) is 6.24. The number of amides is 1. The summed E-state index contributed by atoms with van der Waals surface area (Å²) >= 11 is 0. The van der Waals surface area contributed by atoms with E-state index in [4.69, 9.17) is 4.74 Å². The van der Waals surface area contributed by atoms with Gasteiger partial charge in [0.15, 0.2) is 5.82 Å². The van der Waals surface area contributed by atoms with Crippen LogP contribution in [0.5, 0.6) is 0 Å². The molecule has 1 amide bonds. The summed E-state index contributed by atoms with van der Waals surface area (Å²) in [6.45, 7) is 6.76. The van der Waals surface area contributed by atoms with E-state index in [0.29, 0.717) is 0 Å². The topological polar surface area (TPSA) is 93.5 Å². The maximum absolute atomic E-state index is 14.3. The number of rotatable bonds is 3. The van der Waals surface area contributed by atoms with Crippen molar-refractivity contribution in [1.29, 1.82) is 0 Å². The molecule has 0 saturated carbocycles. The molecule has 128 valence electrons. The predicted molar refractivity (Wildman–Crippen MR) is 85.1 cm³/mol. The molecule has 0 radical (unpaired) electrons. The molecule has 0 aliphatic heterocycles. The second kappa shape index (κ2) is 6.31. The molecule has 0 fully saturated rings. The zero-order valence-electron chi connectivity index (χ0n) is 13.8. The van der Waals surface area contributed by atoms with Gasteiger partial charge in [0.25, 0.3) is 0 Å². The van der Waals surface area contributed by atoms with Crippen molar-refractivity contribution in [3.63, 3.8) is 0 Å². The number of nitrogens with zero attached hydrogens (tertiary/aromatic N) is 2. The largest absolute Gasteiger partial charge is 0.478 e. The SMILES string of the molecule is Cc1cnn(-c2cc(C(=O)O)c(NC(=O)OC(C)(C)C)cc2F)c1. The standard InChI is InChI=1S/C16H18FN3O4/c1-9-7-18-20(8-9)13-5-10(14(21)22)12(6-11(13)17)19-15(23)24-16(2,3)4/h5-8H,1-4H3,(H,19,23)(H,21,22). The number of carbonyl (C=O) groups is 2. The van der Waals surface area contributed by atoms with Crippen LogP contribution in [0.15, 0.2) is 24.5 Å². The summed E-state index contributed by atoms with van der Waals surface area (Å²) in [6.07, 6.45) is 2.21. The van der Waals surface area contributed by atoms with Crippen molar-refractivity contribution < 1.29 is 23.8 Å². The Bertz CT molecular complexity index is 793. The number of carboxylic acid groups (broad SMARTS) is 1. The minimum atomic E-state index is -1.31. The van der Waals surface area contributed by atoms with Gasteiger partial charge in [0.2, 0.25) is 0 Å². The number of carboxylic acids is 1. The van der Waals surface area contributed by atoms with Crippen LogP contribution >= 0.6 is 0 Å². The highest BCUT2D eigenvalue weighted by molar-refractivity contribution is 5.99. The molecular formula is C16H18FN3O4. The highest BCUT2D eigenvalue weighted by Gasteiger charge is 2.21. The van der Waals surface area contributed by atoms with E-state index in [2.05, 4.69) is 10.4 Å². The Balaban J connectivity index is 2.41. The van der Waals surface area contributed by atoms with E-state index in [1.807, 2.05) is 0 Å². The van der Waals surface area contributed by atoms with Gasteiger partial charge in [-0.1, -0.05) is 0 Å². The zero-order valence-corrected chi connectivity index (χ0v) is 13.8. The molecular weight excluding hydrogens is 317 g/mol. The van der Waals surface area contributed by atoms with Crippen LogP contribution in [0.4, 0.5) is 14.9 Å². The van der Waals surface area contributed by atoms with Crippen molar-refractivity contribution in [3.05, 3.63) is 41.5 Å². The summed E-state index contributed by atoms with van der Waals surface area (Å²) in [5.74, 6) is -2.04. The van der Waals surface area contributed by atoms with Gasteiger partial charge in [0.1, 0.15) is 11.3 Å². The van der Waals surface area contributed by atoms with Crippen molar-refractivity contribution in [1.82, 2.24) is 9.78 Å². The van der Waals surface area contributed by atoms with Crippen LogP contribution in [0.3, 0.4) is 0 Å². The van der Waals surface area contributed by atoms with Gasteiger partial charge >= 0.3 is 12.1 Å². The Hall–Kier alpha value is -2.90. The molecule has 1 heterocycles. The fourth-order valence-electron chi connectivity index (χ4n) is 1.98. The van der Waals surface area contributed by atoms with Crippen LogP contribution in [0.25, 0.3) is 5.69 Å². The summed E-state index contributed by atoms with van der Waals surface area (Å²) in [7, 11) is 0. The number of benzene rings is 1. The number of anilines is 1. The molecule has 0 bridgehead atoms. The highest BCUT2D eigenvalue weighted by atomic mass is 19.1. The van der Waals surface area contributed by atoms with Crippen molar-refractivity contribution in [2.24, 2.45) is 0 Å². The van der Waals surface area contributed by atoms with Crippen LogP contribution in [0, 0.1) is 12.7 Å². The molecule has 2 N–H and O–H groups in total. The smallest absolute Gasteiger partial charge is 0.412 e. The van der Waals surface area contributed by atoms with Crippen LogP contribution in [-0.4, -0.2) is 32.6 Å². The number of nitrogens with one attached hydrogen (secondary N) is 1. The van der Waals surface area contributed by atoms with E-state index in [0.717, 1.165) is 17.7 Å². The third kappa shape index (κ3) is 4.09. The molecule has 2 rings (SSSR count). The van der Waals surface area contributed by atoms with Gasteiger partial charge in [0, 0.05) is 12.3 Å². The van der Waals surface area contributed by atoms with Crippen LogP contribution in [0.1, 0.15) is 36.7 Å². The number of ether oxygens (including phenoxy) is 1. The van der Waals surface area contributed by atoms with E-state index >= 15 is 0 Å². The lowest BCUT2D eigenvalue weighted by atomic mass is 10.1. The van der Waals surface area contributed by atoms with Crippen molar-refractivity contribution in [3.8, 4) is 5.69 Å². The molecule has 0 unspecified atom stereocenters. The molecule has 2 aromatic rings. The Labute approximate surface area is 138 Å². The van der Waals surface area contributed by atoms with E-state index < -0.39 is 23.5 Å². The first-order valence-corrected chi connectivity index (χ1v) is 7.15. The van der Waals surface area contributed by atoms with Crippen LogP contribution < -0.4 is 5.32 Å². The molecule has 0 aliphatic rings.